The zero-order valence-electron chi connectivity index (χ0n) is 24.7. The van der Waals surface area contributed by atoms with Crippen LogP contribution < -0.4 is 9.47 Å². The van der Waals surface area contributed by atoms with Gasteiger partial charge in [0.15, 0.2) is 0 Å². The predicted octanol–water partition coefficient (Wildman–Crippen LogP) is 7.16. The summed E-state index contributed by atoms with van der Waals surface area (Å²) in [5.41, 5.74) is 7.66. The van der Waals surface area contributed by atoms with E-state index in [0.29, 0.717) is 37.9 Å². The van der Waals surface area contributed by atoms with E-state index in [9.17, 15) is 18.3 Å². The van der Waals surface area contributed by atoms with Crippen LogP contribution in [0.5, 0.6) is 11.5 Å². The minimum Gasteiger partial charge on any atom is -0.493 e. The fourth-order valence-electron chi connectivity index (χ4n) is 6.37. The summed E-state index contributed by atoms with van der Waals surface area (Å²) in [4.78, 5) is 11.3. The Kier molecular flexibility index (Phi) is 9.57. The quantitative estimate of drug-likeness (QED) is 0.295. The third-order valence-corrected chi connectivity index (χ3v) is 10.6. The van der Waals surface area contributed by atoms with E-state index in [0.717, 1.165) is 42.7 Å². The number of sulfone groups is 1. The molecule has 7 heteroatoms. The molecular formula is C35H42O6S. The Balaban J connectivity index is 1.26. The summed E-state index contributed by atoms with van der Waals surface area (Å²) in [7, 11) is -2.86. The Hall–Kier alpha value is -3.32. The van der Waals surface area contributed by atoms with Crippen molar-refractivity contribution in [2.75, 3.05) is 24.7 Å². The Morgan fingerprint density at radius 1 is 1.05 bits per heavy atom. The van der Waals surface area contributed by atoms with Gasteiger partial charge in [0.25, 0.3) is 0 Å². The zero-order valence-corrected chi connectivity index (χ0v) is 25.5. The first-order chi connectivity index (χ1) is 20.2. The van der Waals surface area contributed by atoms with Gasteiger partial charge in [-0.25, -0.2) is 8.42 Å². The van der Waals surface area contributed by atoms with Gasteiger partial charge in [0, 0.05) is 5.92 Å². The number of allylic oxidation sites excluding steroid dienone is 5. The number of hydrogen-bond donors (Lipinski definition) is 1. The third-order valence-electron chi connectivity index (χ3n) is 8.88. The molecule has 0 saturated carbocycles. The number of carboxylic acids is 1. The lowest BCUT2D eigenvalue weighted by molar-refractivity contribution is -0.137. The predicted molar refractivity (Wildman–Crippen MR) is 167 cm³/mol. The van der Waals surface area contributed by atoms with Gasteiger partial charge >= 0.3 is 5.97 Å². The fourth-order valence-corrected chi connectivity index (χ4v) is 7.95. The second kappa shape index (κ2) is 13.3. The van der Waals surface area contributed by atoms with E-state index < -0.39 is 15.8 Å². The number of ether oxygens (including phenoxy) is 2. The summed E-state index contributed by atoms with van der Waals surface area (Å²) < 4.78 is 35.9. The van der Waals surface area contributed by atoms with Crippen molar-refractivity contribution in [3.05, 3.63) is 88.5 Å². The summed E-state index contributed by atoms with van der Waals surface area (Å²) in [6.45, 7) is 5.26. The van der Waals surface area contributed by atoms with E-state index in [-0.39, 0.29) is 23.8 Å². The van der Waals surface area contributed by atoms with Crippen LogP contribution in [-0.4, -0.2) is 44.2 Å². The molecule has 1 fully saturated rings. The van der Waals surface area contributed by atoms with Crippen LogP contribution in [0.2, 0.25) is 0 Å². The lowest BCUT2D eigenvalue weighted by atomic mass is 9.81. The second-order valence-electron chi connectivity index (χ2n) is 12.0. The molecule has 2 atom stereocenters. The van der Waals surface area contributed by atoms with Crippen molar-refractivity contribution in [1.29, 1.82) is 0 Å². The fraction of sp³-hybridized carbons (Fsp3) is 0.457. The highest BCUT2D eigenvalue weighted by molar-refractivity contribution is 7.91. The lowest BCUT2D eigenvalue weighted by Gasteiger charge is -2.26. The Morgan fingerprint density at radius 3 is 2.50 bits per heavy atom. The van der Waals surface area contributed by atoms with Crippen LogP contribution in [0.4, 0.5) is 0 Å². The summed E-state index contributed by atoms with van der Waals surface area (Å²) in [6.07, 6.45) is 11.8. The molecule has 2 aromatic rings. The molecule has 0 aromatic heterocycles. The van der Waals surface area contributed by atoms with Gasteiger partial charge in [0.1, 0.15) is 27.9 Å². The number of benzene rings is 2. The van der Waals surface area contributed by atoms with Crippen LogP contribution in [0.25, 0.3) is 5.57 Å². The molecule has 0 radical (unpaired) electrons. The SMILES string of the molecule is C/C=C\[C@@H](CC(=O)O)c1ccc(OCC2=CC3=C(CCCc4cc(OCC5CCS(=O)(=O)CC5)ccc43)CC2C)cc1. The van der Waals surface area contributed by atoms with Gasteiger partial charge in [0.05, 0.1) is 24.5 Å². The van der Waals surface area contributed by atoms with Crippen LogP contribution in [0.15, 0.2) is 71.8 Å². The van der Waals surface area contributed by atoms with Gasteiger partial charge in [-0.1, -0.05) is 48.9 Å². The molecule has 1 N–H and O–H groups in total. The Morgan fingerprint density at radius 2 is 1.79 bits per heavy atom. The Labute approximate surface area is 250 Å². The first-order valence-electron chi connectivity index (χ1n) is 15.2. The highest BCUT2D eigenvalue weighted by atomic mass is 32.2. The van der Waals surface area contributed by atoms with Crippen molar-refractivity contribution in [2.45, 2.75) is 64.7 Å². The molecule has 1 unspecified atom stereocenters. The minimum atomic E-state index is -2.86. The normalized spacial score (nSPS) is 21.2. The monoisotopic (exact) mass is 590 g/mol. The average Bonchev–Trinajstić information content (AvgIpc) is 3.13. The van der Waals surface area contributed by atoms with Gasteiger partial charge in [-0.3, -0.25) is 4.79 Å². The van der Waals surface area contributed by atoms with Crippen LogP contribution in [0.3, 0.4) is 0 Å². The van der Waals surface area contributed by atoms with Crippen LogP contribution in [0.1, 0.15) is 75.0 Å². The number of carbonyl (C=O) groups is 1. The highest BCUT2D eigenvalue weighted by Crippen LogP contribution is 2.41. The molecule has 1 aliphatic heterocycles. The van der Waals surface area contributed by atoms with Crippen LogP contribution >= 0.6 is 0 Å². The molecule has 0 amide bonds. The minimum absolute atomic E-state index is 0.0639. The number of rotatable bonds is 10. The number of fused-ring (bicyclic) bond motifs is 2. The molecule has 2 aromatic carbocycles. The molecule has 224 valence electrons. The highest BCUT2D eigenvalue weighted by Gasteiger charge is 2.26. The molecule has 5 rings (SSSR count). The number of aryl methyl sites for hydroxylation is 1. The average molecular weight is 591 g/mol. The van der Waals surface area contributed by atoms with Crippen molar-refractivity contribution < 1.29 is 27.8 Å². The topological polar surface area (TPSA) is 89.9 Å². The molecule has 2 aliphatic carbocycles. The summed E-state index contributed by atoms with van der Waals surface area (Å²) in [5, 5.41) is 9.25. The standard InChI is InChI=1S/C35H42O6S/c1-3-5-27(21-35(36)37)26-8-10-31(11-9-26)41-23-30-20-34-28(18-24(30)2)6-4-7-29-19-32(12-13-33(29)34)40-22-25-14-16-42(38,39)17-15-25/h3,5,8-13,19-20,24-25,27H,4,6-7,14-18,21-23H2,1-2H3,(H,36,37)/b5-3-/t24?,27-/m0/s1. The summed E-state index contributed by atoms with van der Waals surface area (Å²) >= 11 is 0. The molecule has 42 heavy (non-hydrogen) atoms. The van der Waals surface area contributed by atoms with Crippen molar-refractivity contribution >= 4 is 21.4 Å². The molecule has 0 spiro atoms. The van der Waals surface area contributed by atoms with Crippen LogP contribution in [0, 0.1) is 11.8 Å². The largest absolute Gasteiger partial charge is 0.493 e. The van der Waals surface area contributed by atoms with E-state index in [1.165, 1.54) is 27.8 Å². The second-order valence-corrected chi connectivity index (χ2v) is 14.3. The van der Waals surface area contributed by atoms with E-state index in [4.69, 9.17) is 9.47 Å². The van der Waals surface area contributed by atoms with Crippen molar-refractivity contribution in [2.24, 2.45) is 11.8 Å². The van der Waals surface area contributed by atoms with Gasteiger partial charge in [-0.15, -0.1) is 0 Å². The molecule has 6 nitrogen and oxygen atoms in total. The van der Waals surface area contributed by atoms with E-state index in [2.05, 4.69) is 31.2 Å². The zero-order chi connectivity index (χ0) is 29.7. The number of carboxylic acid groups (broad SMARTS) is 1. The number of aliphatic carboxylic acids is 1. The third kappa shape index (κ3) is 7.54. The molecule has 1 heterocycles. The van der Waals surface area contributed by atoms with E-state index in [1.54, 1.807) is 0 Å². The maximum Gasteiger partial charge on any atom is 0.304 e. The molecule has 3 aliphatic rings. The van der Waals surface area contributed by atoms with Crippen molar-refractivity contribution in [1.82, 2.24) is 0 Å². The molecule has 1 saturated heterocycles. The van der Waals surface area contributed by atoms with Crippen molar-refractivity contribution in [3.8, 4) is 11.5 Å². The van der Waals surface area contributed by atoms with Crippen LogP contribution in [-0.2, 0) is 21.1 Å². The number of hydrogen-bond acceptors (Lipinski definition) is 5. The van der Waals surface area contributed by atoms with Gasteiger partial charge in [-0.05, 0) is 109 Å². The Bertz CT molecular complexity index is 1470. The molecular weight excluding hydrogens is 548 g/mol. The van der Waals surface area contributed by atoms with Gasteiger partial charge in [-0.2, -0.15) is 0 Å². The lowest BCUT2D eigenvalue weighted by Crippen LogP contribution is -2.26. The maximum absolute atomic E-state index is 11.7. The van der Waals surface area contributed by atoms with Gasteiger partial charge in [0.2, 0.25) is 0 Å². The van der Waals surface area contributed by atoms with E-state index in [1.807, 2.05) is 43.3 Å². The summed E-state index contributed by atoms with van der Waals surface area (Å²) in [5.74, 6) is 1.92. The van der Waals surface area contributed by atoms with Gasteiger partial charge < -0.3 is 14.6 Å². The summed E-state index contributed by atoms with van der Waals surface area (Å²) in [6, 6.07) is 14.2. The maximum atomic E-state index is 11.7. The first-order valence-corrected chi connectivity index (χ1v) is 17.0. The van der Waals surface area contributed by atoms with Crippen molar-refractivity contribution in [3.63, 3.8) is 0 Å². The molecule has 0 bridgehead atoms. The van der Waals surface area contributed by atoms with E-state index >= 15 is 0 Å². The smallest absolute Gasteiger partial charge is 0.304 e. The first kappa shape index (κ1) is 30.1.